The molecule has 5 heteroatoms. The summed E-state index contributed by atoms with van der Waals surface area (Å²) in [7, 11) is 0. The van der Waals surface area contributed by atoms with E-state index in [4.69, 9.17) is 4.74 Å². The average Bonchev–Trinajstić information content (AvgIpc) is 2.39. The van der Waals surface area contributed by atoms with Gasteiger partial charge in [0.2, 0.25) is 0 Å². The highest BCUT2D eigenvalue weighted by Crippen LogP contribution is 2.38. The third-order valence-corrected chi connectivity index (χ3v) is 3.93. The van der Waals surface area contributed by atoms with Crippen LogP contribution in [-0.2, 0) is 0 Å². The highest BCUT2D eigenvalue weighted by molar-refractivity contribution is 6.00. The van der Waals surface area contributed by atoms with E-state index in [1.165, 1.54) is 4.90 Å². The maximum absolute atomic E-state index is 12.2. The summed E-state index contributed by atoms with van der Waals surface area (Å²) in [5, 5.41) is 10.8. The van der Waals surface area contributed by atoms with Crippen molar-refractivity contribution in [1.29, 1.82) is 0 Å². The highest BCUT2D eigenvalue weighted by Gasteiger charge is 2.42. The molecule has 1 fully saturated rings. The molecule has 0 saturated carbocycles. The predicted molar refractivity (Wildman–Crippen MR) is 65.0 cm³/mol. The van der Waals surface area contributed by atoms with Gasteiger partial charge in [-0.3, -0.25) is 4.79 Å². The normalized spacial score (nSPS) is 20.8. The first-order valence-corrected chi connectivity index (χ1v) is 6.37. The van der Waals surface area contributed by atoms with E-state index in [2.05, 4.69) is 0 Å². The van der Waals surface area contributed by atoms with Gasteiger partial charge in [0.15, 0.2) is 5.78 Å². The lowest BCUT2D eigenvalue weighted by atomic mass is 9.82. The number of amides is 1. The van der Waals surface area contributed by atoms with Crippen molar-refractivity contribution < 1.29 is 19.4 Å². The summed E-state index contributed by atoms with van der Waals surface area (Å²) >= 11 is 0. The van der Waals surface area contributed by atoms with Gasteiger partial charge < -0.3 is 19.5 Å². The average molecular weight is 260 g/mol. The molecular formula is C14H14NO4-. The first kappa shape index (κ1) is 12.0. The second-order valence-electron chi connectivity index (χ2n) is 5.13. The van der Waals surface area contributed by atoms with Crippen LogP contribution in [0, 0.1) is 0 Å². The number of carbonyl (C=O) groups excluding carboxylic acids is 2. The zero-order chi connectivity index (χ0) is 13.5. The molecule has 0 unspecified atom stereocenters. The van der Waals surface area contributed by atoms with Crippen molar-refractivity contribution in [2.45, 2.75) is 24.9 Å². The number of ketones is 1. The topological polar surface area (TPSA) is 69.7 Å². The Bertz CT molecular complexity index is 532. The Kier molecular flexibility index (Phi) is 2.69. The summed E-state index contributed by atoms with van der Waals surface area (Å²) in [6, 6.07) is 7.21. The molecule has 1 aromatic carbocycles. The third kappa shape index (κ3) is 2.05. The fourth-order valence-corrected chi connectivity index (χ4v) is 2.82. The van der Waals surface area contributed by atoms with Gasteiger partial charge in [-0.2, -0.15) is 0 Å². The molecule has 2 aliphatic rings. The lowest BCUT2D eigenvalue weighted by Crippen LogP contribution is -2.54. The molecule has 1 spiro atoms. The number of piperidine rings is 1. The summed E-state index contributed by atoms with van der Waals surface area (Å²) < 4.78 is 6.00. The number of carboxylic acid groups (broad SMARTS) is 1. The van der Waals surface area contributed by atoms with Crippen LogP contribution in [0.15, 0.2) is 24.3 Å². The molecule has 0 atom stereocenters. The molecule has 5 nitrogen and oxygen atoms in total. The van der Waals surface area contributed by atoms with Gasteiger partial charge in [0.05, 0.1) is 12.0 Å². The van der Waals surface area contributed by atoms with Crippen LogP contribution in [0.3, 0.4) is 0 Å². The van der Waals surface area contributed by atoms with Crippen LogP contribution in [0.2, 0.25) is 0 Å². The number of benzene rings is 1. The van der Waals surface area contributed by atoms with E-state index in [-0.39, 0.29) is 5.78 Å². The molecule has 0 radical (unpaired) electrons. The van der Waals surface area contributed by atoms with Crippen molar-refractivity contribution in [3.8, 4) is 5.75 Å². The first-order chi connectivity index (χ1) is 9.10. The molecule has 1 aromatic rings. The Morgan fingerprint density at radius 1 is 1.26 bits per heavy atom. The van der Waals surface area contributed by atoms with Gasteiger partial charge in [0, 0.05) is 25.9 Å². The number of fused-ring (bicyclic) bond motifs is 1. The third-order valence-electron chi connectivity index (χ3n) is 3.93. The Morgan fingerprint density at radius 3 is 2.63 bits per heavy atom. The van der Waals surface area contributed by atoms with Gasteiger partial charge in [0.1, 0.15) is 17.4 Å². The largest absolute Gasteiger partial charge is 0.530 e. The van der Waals surface area contributed by atoms with Gasteiger partial charge in [0.25, 0.3) is 0 Å². The van der Waals surface area contributed by atoms with Crippen LogP contribution >= 0.6 is 0 Å². The van der Waals surface area contributed by atoms with E-state index in [1.54, 1.807) is 12.1 Å². The van der Waals surface area contributed by atoms with Crippen molar-refractivity contribution in [3.63, 3.8) is 0 Å². The molecular weight excluding hydrogens is 246 g/mol. The Labute approximate surface area is 110 Å². The highest BCUT2D eigenvalue weighted by atomic mass is 16.5. The molecule has 2 aliphatic heterocycles. The number of ether oxygens (including phenoxy) is 1. The van der Waals surface area contributed by atoms with E-state index in [0.717, 1.165) is 0 Å². The molecule has 0 bridgehead atoms. The van der Waals surface area contributed by atoms with Crippen molar-refractivity contribution in [2.75, 3.05) is 13.1 Å². The molecule has 1 amide bonds. The first-order valence-electron chi connectivity index (χ1n) is 6.37. The standard InChI is InChI=1S/C14H15NO4/c16-11-9-14(5-7-15(8-6-14)13(17)18)19-12-4-2-1-3-10(11)12/h1-4H,5-9H2,(H,17,18)/p-1. The Balaban J connectivity index is 1.82. The van der Waals surface area contributed by atoms with Gasteiger partial charge in [-0.25, -0.2) is 0 Å². The zero-order valence-electron chi connectivity index (χ0n) is 10.4. The van der Waals surface area contributed by atoms with Crippen LogP contribution < -0.4 is 9.84 Å². The Hall–Kier alpha value is -2.04. The minimum Gasteiger partial charge on any atom is -0.530 e. The smallest absolute Gasteiger partial charge is 0.170 e. The van der Waals surface area contributed by atoms with Crippen molar-refractivity contribution in [2.24, 2.45) is 0 Å². The number of rotatable bonds is 0. The van der Waals surface area contributed by atoms with Crippen LogP contribution in [0.1, 0.15) is 29.6 Å². The second-order valence-corrected chi connectivity index (χ2v) is 5.13. The lowest BCUT2D eigenvalue weighted by molar-refractivity contribution is -0.267. The van der Waals surface area contributed by atoms with E-state index in [0.29, 0.717) is 43.7 Å². The molecule has 3 rings (SSSR count). The number of likely N-dealkylation sites (tertiary alicyclic amines) is 1. The number of nitrogens with zero attached hydrogens (tertiary/aromatic N) is 1. The molecule has 0 aliphatic carbocycles. The van der Waals surface area contributed by atoms with E-state index < -0.39 is 11.7 Å². The summed E-state index contributed by atoms with van der Waals surface area (Å²) in [6.45, 7) is 0.718. The molecule has 1 saturated heterocycles. The number of hydrogen-bond donors (Lipinski definition) is 0. The lowest BCUT2D eigenvalue weighted by Gasteiger charge is -2.44. The zero-order valence-corrected chi connectivity index (χ0v) is 10.4. The van der Waals surface area contributed by atoms with Crippen LogP contribution in [0.4, 0.5) is 4.79 Å². The van der Waals surface area contributed by atoms with Gasteiger partial charge >= 0.3 is 0 Å². The van der Waals surface area contributed by atoms with Crippen LogP contribution in [-0.4, -0.2) is 35.5 Å². The van der Waals surface area contributed by atoms with Crippen LogP contribution in [0.25, 0.3) is 0 Å². The number of para-hydroxylation sites is 1. The summed E-state index contributed by atoms with van der Waals surface area (Å²) in [6.07, 6.45) is 0.227. The van der Waals surface area contributed by atoms with E-state index in [1.807, 2.05) is 12.1 Å². The maximum Gasteiger partial charge on any atom is 0.170 e. The SMILES string of the molecule is O=C1CC2(CCN(C(=O)[O-])CC2)Oc2ccccc21. The predicted octanol–water partition coefficient (Wildman–Crippen LogP) is 0.830. The van der Waals surface area contributed by atoms with Crippen LogP contribution in [0.5, 0.6) is 5.75 Å². The molecule has 0 aromatic heterocycles. The second kappa shape index (κ2) is 4.26. The van der Waals surface area contributed by atoms with Crippen molar-refractivity contribution >= 4 is 11.9 Å². The monoisotopic (exact) mass is 260 g/mol. The number of Topliss-reactive ketones (excluding diaryl/α,β-unsaturated/α-hetero) is 1. The summed E-state index contributed by atoms with van der Waals surface area (Å²) in [5.74, 6) is 0.685. The summed E-state index contributed by atoms with van der Waals surface area (Å²) in [5.41, 5.74) is 0.0765. The molecule has 0 N–H and O–H groups in total. The quantitative estimate of drug-likeness (QED) is 0.692. The number of hydrogen-bond acceptors (Lipinski definition) is 4. The minimum atomic E-state index is -1.16. The van der Waals surface area contributed by atoms with E-state index in [9.17, 15) is 14.7 Å². The van der Waals surface area contributed by atoms with E-state index >= 15 is 0 Å². The van der Waals surface area contributed by atoms with Gasteiger partial charge in [-0.1, -0.05) is 12.1 Å². The van der Waals surface area contributed by atoms with Gasteiger partial charge in [-0.05, 0) is 12.1 Å². The fourth-order valence-electron chi connectivity index (χ4n) is 2.82. The van der Waals surface area contributed by atoms with Gasteiger partial charge in [-0.15, -0.1) is 0 Å². The minimum absolute atomic E-state index is 0.0729. The molecule has 2 heterocycles. The fraction of sp³-hybridized carbons (Fsp3) is 0.429. The summed E-state index contributed by atoms with van der Waals surface area (Å²) in [4.78, 5) is 24.2. The Morgan fingerprint density at radius 2 is 1.95 bits per heavy atom. The van der Waals surface area contributed by atoms with Crippen molar-refractivity contribution in [3.05, 3.63) is 29.8 Å². The maximum atomic E-state index is 12.2. The molecule has 19 heavy (non-hydrogen) atoms. The van der Waals surface area contributed by atoms with Crippen molar-refractivity contribution in [1.82, 2.24) is 4.90 Å². The molecule has 100 valence electrons. The number of carbonyl (C=O) groups is 2.